The van der Waals surface area contributed by atoms with E-state index in [2.05, 4.69) is 4.98 Å². The van der Waals surface area contributed by atoms with E-state index in [-0.39, 0.29) is 18.6 Å². The number of nitrogens with zero attached hydrogens (tertiary/aromatic N) is 1. The highest BCUT2D eigenvalue weighted by molar-refractivity contribution is 6.30. The minimum atomic E-state index is -6.51. The summed E-state index contributed by atoms with van der Waals surface area (Å²) in [5.74, 6) is -1.84. The molecule has 11 heteroatoms. The van der Waals surface area contributed by atoms with Crippen molar-refractivity contribution in [2.75, 3.05) is 0 Å². The maximum atomic E-state index is 14.9. The number of hydrogen-bond donors (Lipinski definition) is 0. The third kappa shape index (κ3) is 3.23. The van der Waals surface area contributed by atoms with Crippen LogP contribution in [-0.2, 0) is 5.67 Å². The van der Waals surface area contributed by atoms with Gasteiger partial charge in [0.05, 0.1) is 6.42 Å². The molecule has 1 atom stereocenters. The quantitative estimate of drug-likeness (QED) is 0.461. The smallest absolute Gasteiger partial charge is 0.244 e. The van der Waals surface area contributed by atoms with E-state index in [4.69, 9.17) is 11.6 Å². The van der Waals surface area contributed by atoms with Gasteiger partial charge in [0.1, 0.15) is 11.0 Å². The van der Waals surface area contributed by atoms with Crippen molar-refractivity contribution in [1.82, 2.24) is 4.98 Å². The van der Waals surface area contributed by atoms with E-state index in [1.165, 1.54) is 0 Å². The molecule has 1 heterocycles. The fourth-order valence-electron chi connectivity index (χ4n) is 2.21. The molecule has 0 bridgehead atoms. The second-order valence-corrected chi connectivity index (χ2v) is 5.40. The number of rotatable bonds is 2. The summed E-state index contributed by atoms with van der Waals surface area (Å²) in [4.78, 5) is 3.41. The van der Waals surface area contributed by atoms with E-state index < -0.39 is 45.8 Å². The molecule has 1 aromatic rings. The van der Waals surface area contributed by atoms with Gasteiger partial charge in [-0.3, -0.25) is 0 Å². The van der Waals surface area contributed by atoms with Gasteiger partial charge in [-0.25, -0.2) is 18.2 Å². The zero-order valence-corrected chi connectivity index (χ0v) is 12.4. The van der Waals surface area contributed by atoms with Crippen molar-refractivity contribution in [2.24, 2.45) is 0 Å². The highest BCUT2D eigenvalue weighted by Gasteiger charge is 2.74. The SMILES string of the molecule is FC1=CC(C(F)(C(F)(F)F)C(F)(F)F)=CC(F)(c2cccnc2Cl)[CH]1. The molecule has 0 aliphatic heterocycles. The Morgan fingerprint density at radius 1 is 1.00 bits per heavy atom. The third-order valence-electron chi connectivity index (χ3n) is 3.36. The van der Waals surface area contributed by atoms with Gasteiger partial charge in [0.25, 0.3) is 0 Å². The van der Waals surface area contributed by atoms with Gasteiger partial charge in [0.15, 0.2) is 5.67 Å². The van der Waals surface area contributed by atoms with Crippen molar-refractivity contribution < 1.29 is 39.5 Å². The number of aromatic nitrogens is 1. The average molecular weight is 395 g/mol. The van der Waals surface area contributed by atoms with Gasteiger partial charge in [0.2, 0.25) is 0 Å². The summed E-state index contributed by atoms with van der Waals surface area (Å²) in [6, 6.07) is 1.93. The van der Waals surface area contributed by atoms with Crippen LogP contribution >= 0.6 is 11.6 Å². The summed E-state index contributed by atoms with van der Waals surface area (Å²) in [6.45, 7) is 0. The molecule has 1 nitrogen and oxygen atoms in total. The molecule has 1 aliphatic carbocycles. The van der Waals surface area contributed by atoms with E-state index in [0.29, 0.717) is 0 Å². The molecule has 0 saturated heterocycles. The first-order valence-corrected chi connectivity index (χ1v) is 6.69. The lowest BCUT2D eigenvalue weighted by molar-refractivity contribution is -0.325. The van der Waals surface area contributed by atoms with Crippen molar-refractivity contribution in [2.45, 2.75) is 23.7 Å². The summed E-state index contributed by atoms with van der Waals surface area (Å²) < 4.78 is 119. The monoisotopic (exact) mass is 394 g/mol. The Labute approximate surface area is 139 Å². The molecular weight excluding hydrogens is 389 g/mol. The minimum absolute atomic E-state index is 0.0621. The molecule has 0 spiro atoms. The largest absolute Gasteiger partial charge is 0.435 e. The first-order chi connectivity index (χ1) is 11.2. The van der Waals surface area contributed by atoms with Crippen LogP contribution in [0.15, 0.2) is 41.9 Å². The Hall–Kier alpha value is -1.71. The Kier molecular flexibility index (Phi) is 4.65. The van der Waals surface area contributed by atoms with E-state index in [0.717, 1.165) is 18.3 Å². The Balaban J connectivity index is 2.71. The first kappa shape index (κ1) is 19.6. The normalized spacial score (nSPS) is 22.5. The van der Waals surface area contributed by atoms with E-state index in [9.17, 15) is 39.5 Å². The number of hydrogen-bond acceptors (Lipinski definition) is 1. The lowest BCUT2D eigenvalue weighted by atomic mass is 9.81. The number of alkyl halides is 8. The molecule has 0 amide bonds. The van der Waals surface area contributed by atoms with Crippen LogP contribution < -0.4 is 0 Å². The van der Waals surface area contributed by atoms with Crippen LogP contribution in [0.25, 0.3) is 0 Å². The van der Waals surface area contributed by atoms with Crippen molar-refractivity contribution in [3.05, 3.63) is 59.0 Å². The predicted octanol–water partition coefficient (Wildman–Crippen LogP) is 5.73. The second-order valence-electron chi connectivity index (χ2n) is 5.04. The lowest BCUT2D eigenvalue weighted by Crippen LogP contribution is -2.55. The minimum Gasteiger partial charge on any atom is -0.244 e. The maximum absolute atomic E-state index is 14.9. The zero-order chi connectivity index (χ0) is 19.3. The van der Waals surface area contributed by atoms with Crippen LogP contribution in [0.3, 0.4) is 0 Å². The van der Waals surface area contributed by atoms with E-state index in [1.54, 1.807) is 0 Å². The number of halogens is 10. The fourth-order valence-corrected chi connectivity index (χ4v) is 2.48. The third-order valence-corrected chi connectivity index (χ3v) is 3.66. The molecule has 137 valence electrons. The molecule has 1 aromatic heterocycles. The Morgan fingerprint density at radius 3 is 2.04 bits per heavy atom. The fraction of sp³-hybridized carbons (Fsp3) is 0.286. The first-order valence-electron chi connectivity index (χ1n) is 6.31. The van der Waals surface area contributed by atoms with Crippen LogP contribution in [0, 0.1) is 6.42 Å². The molecule has 25 heavy (non-hydrogen) atoms. The second kappa shape index (κ2) is 5.93. The highest BCUT2D eigenvalue weighted by atomic mass is 35.5. The molecule has 0 fully saturated rings. The zero-order valence-electron chi connectivity index (χ0n) is 11.7. The standard InChI is InChI=1S/C14H6ClF9N/c15-10-9(2-1-3-25-10)11(17)5-7(4-8(16)6-11)12(18,13(19,20)21)14(22,23)24/h1-6H. The molecule has 0 saturated carbocycles. The molecule has 1 aliphatic rings. The number of pyridine rings is 1. The van der Waals surface area contributed by atoms with Crippen molar-refractivity contribution >= 4 is 11.6 Å². The van der Waals surface area contributed by atoms with Gasteiger partial charge >= 0.3 is 18.0 Å². The molecule has 1 unspecified atom stereocenters. The van der Waals surface area contributed by atoms with E-state index in [1.807, 2.05) is 0 Å². The van der Waals surface area contributed by atoms with Gasteiger partial charge in [0, 0.05) is 17.3 Å². The van der Waals surface area contributed by atoms with Crippen LogP contribution in [0.1, 0.15) is 5.56 Å². The van der Waals surface area contributed by atoms with Gasteiger partial charge in [-0.05, 0) is 18.2 Å². The van der Waals surface area contributed by atoms with E-state index >= 15 is 0 Å². The Bertz CT molecular complexity index is 721. The van der Waals surface area contributed by atoms with Gasteiger partial charge in [-0.1, -0.05) is 17.7 Å². The van der Waals surface area contributed by atoms with Crippen molar-refractivity contribution in [3.63, 3.8) is 0 Å². The highest BCUT2D eigenvalue weighted by Crippen LogP contribution is 2.54. The van der Waals surface area contributed by atoms with Gasteiger partial charge in [-0.15, -0.1) is 0 Å². The number of allylic oxidation sites excluding steroid dienone is 4. The topological polar surface area (TPSA) is 12.9 Å². The Morgan fingerprint density at radius 2 is 1.56 bits per heavy atom. The molecule has 1 radical (unpaired) electrons. The summed E-state index contributed by atoms with van der Waals surface area (Å²) >= 11 is 5.56. The van der Waals surface area contributed by atoms with Crippen LogP contribution in [0.4, 0.5) is 39.5 Å². The average Bonchev–Trinajstić information content (AvgIpc) is 2.43. The summed E-state index contributed by atoms with van der Waals surface area (Å²) in [6.07, 6.45) is -12.6. The van der Waals surface area contributed by atoms with Crippen molar-refractivity contribution in [1.29, 1.82) is 0 Å². The predicted molar refractivity (Wildman–Crippen MR) is 69.6 cm³/mol. The summed E-state index contributed by atoms with van der Waals surface area (Å²) in [5, 5.41) is -0.643. The molecule has 0 aromatic carbocycles. The van der Waals surface area contributed by atoms with Crippen molar-refractivity contribution in [3.8, 4) is 0 Å². The van der Waals surface area contributed by atoms with Crippen LogP contribution in [0.2, 0.25) is 5.15 Å². The lowest BCUT2D eigenvalue weighted by Gasteiger charge is -2.34. The summed E-state index contributed by atoms with van der Waals surface area (Å²) in [7, 11) is 0. The summed E-state index contributed by atoms with van der Waals surface area (Å²) in [5.41, 5.74) is -12.4. The molecule has 2 rings (SSSR count). The van der Waals surface area contributed by atoms with Crippen LogP contribution in [-0.4, -0.2) is 23.0 Å². The molecule has 0 N–H and O–H groups in total. The van der Waals surface area contributed by atoms with Gasteiger partial charge < -0.3 is 0 Å². The maximum Gasteiger partial charge on any atom is 0.435 e. The van der Waals surface area contributed by atoms with Crippen LogP contribution in [0.5, 0.6) is 0 Å². The van der Waals surface area contributed by atoms with Gasteiger partial charge in [-0.2, -0.15) is 26.3 Å². The molecular formula is C14H6ClF9N.